The van der Waals surface area contributed by atoms with Gasteiger partial charge < -0.3 is 10.4 Å². The minimum atomic E-state index is -0.883. The number of likely N-dealkylation sites (tertiary alicyclic amines) is 1. The Balaban J connectivity index is 0.00000261. The van der Waals surface area contributed by atoms with Gasteiger partial charge in [0.1, 0.15) is 11.9 Å². The third kappa shape index (κ3) is 5.51. The number of benzene rings is 1. The summed E-state index contributed by atoms with van der Waals surface area (Å²) in [6, 6.07) is 8.87. The number of carbonyl (C=O) groups excluding carboxylic acids is 1. The number of carboxylic acid groups (broad SMARTS) is 1. The second-order valence-electron chi connectivity index (χ2n) is 6.39. The van der Waals surface area contributed by atoms with E-state index in [1.54, 1.807) is 17.0 Å². The number of hydrogen-bond acceptors (Lipinski definition) is 4. The Labute approximate surface area is 167 Å². The lowest BCUT2D eigenvalue weighted by molar-refractivity contribution is -0.145. The average molecular weight is 413 g/mol. The first kappa shape index (κ1) is 21.3. The van der Waals surface area contributed by atoms with Gasteiger partial charge in [-0.25, -0.2) is 4.39 Å². The Morgan fingerprint density at radius 2 is 2.00 bits per heavy atom. The molecule has 2 unspecified atom stereocenters. The van der Waals surface area contributed by atoms with Crippen LogP contribution in [0, 0.1) is 5.82 Å². The van der Waals surface area contributed by atoms with Crippen LogP contribution in [0.5, 0.6) is 0 Å². The Morgan fingerprint density at radius 1 is 1.26 bits per heavy atom. The van der Waals surface area contributed by atoms with Gasteiger partial charge in [-0.3, -0.25) is 14.5 Å². The Hall–Kier alpha value is -1.96. The van der Waals surface area contributed by atoms with E-state index in [9.17, 15) is 19.1 Å². The van der Waals surface area contributed by atoms with E-state index in [1.165, 1.54) is 23.5 Å². The van der Waals surface area contributed by atoms with Gasteiger partial charge >= 0.3 is 5.97 Å². The predicted molar refractivity (Wildman–Crippen MR) is 105 cm³/mol. The van der Waals surface area contributed by atoms with Gasteiger partial charge in [0.15, 0.2) is 0 Å². The molecule has 1 aromatic heterocycles. The quantitative estimate of drug-likeness (QED) is 0.762. The molecule has 1 amide bonds. The molecule has 1 saturated heterocycles. The molecule has 3 rings (SSSR count). The minimum absolute atomic E-state index is 0. The van der Waals surface area contributed by atoms with E-state index in [2.05, 4.69) is 5.32 Å². The van der Waals surface area contributed by atoms with Crippen LogP contribution in [0.3, 0.4) is 0 Å². The van der Waals surface area contributed by atoms with Crippen LogP contribution in [0.1, 0.15) is 35.7 Å². The molecule has 5 nitrogen and oxygen atoms in total. The standard InChI is InChI=1S/C19H21FN2O3S.ClH/c20-14-8-6-13(7-9-14)18(16-5-3-11-26-16)21-17(23)12-22-10-2-1-4-15(22)19(24)25;/h3,5-9,11,15,18H,1-2,4,10,12H2,(H,21,23)(H,24,25);1H. The van der Waals surface area contributed by atoms with Crippen molar-refractivity contribution in [2.75, 3.05) is 13.1 Å². The van der Waals surface area contributed by atoms with Crippen molar-refractivity contribution in [2.24, 2.45) is 0 Å². The fourth-order valence-corrected chi connectivity index (χ4v) is 4.08. The molecular formula is C19H22ClFN2O3S. The molecule has 1 aliphatic rings. The monoisotopic (exact) mass is 412 g/mol. The maximum absolute atomic E-state index is 13.2. The second-order valence-corrected chi connectivity index (χ2v) is 7.37. The van der Waals surface area contributed by atoms with E-state index in [-0.39, 0.29) is 36.7 Å². The molecule has 27 heavy (non-hydrogen) atoms. The summed E-state index contributed by atoms with van der Waals surface area (Å²) in [6.45, 7) is 0.643. The molecule has 0 bridgehead atoms. The van der Waals surface area contributed by atoms with Crippen molar-refractivity contribution in [3.05, 3.63) is 58.0 Å². The molecule has 2 atom stereocenters. The molecule has 0 aliphatic carbocycles. The Morgan fingerprint density at radius 3 is 2.63 bits per heavy atom. The summed E-state index contributed by atoms with van der Waals surface area (Å²) in [4.78, 5) is 26.7. The number of halogens is 2. The van der Waals surface area contributed by atoms with E-state index in [1.807, 2.05) is 17.5 Å². The summed E-state index contributed by atoms with van der Waals surface area (Å²) in [5.41, 5.74) is 0.788. The summed E-state index contributed by atoms with van der Waals surface area (Å²) < 4.78 is 13.2. The number of thiophene rings is 1. The molecule has 2 aromatic rings. The van der Waals surface area contributed by atoms with Crippen LogP contribution in [0.4, 0.5) is 4.39 Å². The highest BCUT2D eigenvalue weighted by Gasteiger charge is 2.30. The molecule has 2 N–H and O–H groups in total. The lowest BCUT2D eigenvalue weighted by Crippen LogP contribution is -2.49. The minimum Gasteiger partial charge on any atom is -0.480 e. The van der Waals surface area contributed by atoms with Gasteiger partial charge in [0, 0.05) is 4.88 Å². The zero-order valence-corrected chi connectivity index (χ0v) is 16.3. The van der Waals surface area contributed by atoms with Gasteiger partial charge in [0.2, 0.25) is 5.91 Å². The molecule has 8 heteroatoms. The third-order valence-corrected chi connectivity index (χ3v) is 5.52. The van der Waals surface area contributed by atoms with Gasteiger partial charge in [-0.1, -0.05) is 24.6 Å². The van der Waals surface area contributed by atoms with E-state index in [0.717, 1.165) is 23.3 Å². The lowest BCUT2D eigenvalue weighted by atomic mass is 10.0. The maximum atomic E-state index is 13.2. The molecule has 1 aromatic carbocycles. The Kier molecular flexibility index (Phi) is 7.77. The maximum Gasteiger partial charge on any atom is 0.320 e. The smallest absolute Gasteiger partial charge is 0.320 e. The van der Waals surface area contributed by atoms with E-state index in [4.69, 9.17) is 0 Å². The zero-order chi connectivity index (χ0) is 18.5. The second kappa shape index (κ2) is 9.82. The highest BCUT2D eigenvalue weighted by atomic mass is 35.5. The zero-order valence-electron chi connectivity index (χ0n) is 14.6. The summed E-state index contributed by atoms with van der Waals surface area (Å²) in [7, 11) is 0. The SMILES string of the molecule is Cl.O=C(CN1CCCCC1C(=O)O)NC(c1ccc(F)cc1)c1cccs1. The van der Waals surface area contributed by atoms with Crippen molar-refractivity contribution in [3.63, 3.8) is 0 Å². The number of carboxylic acids is 1. The average Bonchev–Trinajstić information content (AvgIpc) is 3.15. The van der Waals surface area contributed by atoms with Gasteiger partial charge in [0.05, 0.1) is 12.6 Å². The summed E-state index contributed by atoms with van der Waals surface area (Å²) in [5.74, 6) is -1.45. The predicted octanol–water partition coefficient (Wildman–Crippen LogP) is 3.45. The van der Waals surface area contributed by atoms with Crippen LogP contribution in [0.25, 0.3) is 0 Å². The number of piperidine rings is 1. The first-order valence-electron chi connectivity index (χ1n) is 8.59. The first-order valence-corrected chi connectivity index (χ1v) is 9.47. The van der Waals surface area contributed by atoms with Gasteiger partial charge in [-0.15, -0.1) is 23.7 Å². The van der Waals surface area contributed by atoms with Gasteiger partial charge in [-0.05, 0) is 48.5 Å². The van der Waals surface area contributed by atoms with Crippen LogP contribution >= 0.6 is 23.7 Å². The Bertz CT molecular complexity index is 755. The lowest BCUT2D eigenvalue weighted by Gasteiger charge is -2.32. The number of carbonyl (C=O) groups is 2. The van der Waals surface area contributed by atoms with Crippen LogP contribution in [-0.2, 0) is 9.59 Å². The molecular weight excluding hydrogens is 391 g/mol. The number of hydrogen-bond donors (Lipinski definition) is 2. The number of aliphatic carboxylic acids is 1. The highest BCUT2D eigenvalue weighted by molar-refractivity contribution is 7.10. The number of nitrogens with zero attached hydrogens (tertiary/aromatic N) is 1. The van der Waals surface area contributed by atoms with Crippen LogP contribution < -0.4 is 5.32 Å². The summed E-state index contributed by atoms with van der Waals surface area (Å²) in [5, 5.41) is 14.2. The molecule has 0 radical (unpaired) electrons. The molecule has 0 saturated carbocycles. The summed E-state index contributed by atoms with van der Waals surface area (Å²) in [6.07, 6.45) is 2.32. The molecule has 1 aliphatic heterocycles. The van der Waals surface area contributed by atoms with Crippen molar-refractivity contribution in [1.29, 1.82) is 0 Å². The van der Waals surface area contributed by atoms with Crippen LogP contribution in [0.15, 0.2) is 41.8 Å². The normalized spacial score (nSPS) is 18.3. The highest BCUT2D eigenvalue weighted by Crippen LogP contribution is 2.26. The summed E-state index contributed by atoms with van der Waals surface area (Å²) >= 11 is 1.51. The third-order valence-electron chi connectivity index (χ3n) is 4.58. The van der Waals surface area contributed by atoms with Crippen LogP contribution in [0.2, 0.25) is 0 Å². The molecule has 2 heterocycles. The number of nitrogens with one attached hydrogen (secondary N) is 1. The fourth-order valence-electron chi connectivity index (χ4n) is 3.28. The first-order chi connectivity index (χ1) is 12.5. The van der Waals surface area contributed by atoms with E-state index < -0.39 is 12.0 Å². The largest absolute Gasteiger partial charge is 0.480 e. The van der Waals surface area contributed by atoms with Crippen molar-refractivity contribution < 1.29 is 19.1 Å². The number of rotatable bonds is 6. The fraction of sp³-hybridized carbons (Fsp3) is 0.368. The molecule has 1 fully saturated rings. The van der Waals surface area contributed by atoms with Crippen molar-refractivity contribution in [1.82, 2.24) is 10.2 Å². The van der Waals surface area contributed by atoms with Crippen molar-refractivity contribution >= 4 is 35.6 Å². The topological polar surface area (TPSA) is 69.6 Å². The van der Waals surface area contributed by atoms with Gasteiger partial charge in [-0.2, -0.15) is 0 Å². The molecule has 146 valence electrons. The van der Waals surface area contributed by atoms with Crippen molar-refractivity contribution in [3.8, 4) is 0 Å². The van der Waals surface area contributed by atoms with Crippen LogP contribution in [-0.4, -0.2) is 41.0 Å². The van der Waals surface area contributed by atoms with E-state index in [0.29, 0.717) is 13.0 Å². The van der Waals surface area contributed by atoms with E-state index >= 15 is 0 Å². The molecule has 0 spiro atoms. The van der Waals surface area contributed by atoms with Crippen molar-refractivity contribution in [2.45, 2.75) is 31.3 Å². The van der Waals surface area contributed by atoms with Gasteiger partial charge in [0.25, 0.3) is 0 Å². The number of amides is 1.